The number of esters is 1. The van der Waals surface area contributed by atoms with Crippen molar-refractivity contribution in [2.24, 2.45) is 4.99 Å². The molecule has 8 heteroatoms. The van der Waals surface area contributed by atoms with Crippen molar-refractivity contribution in [3.63, 3.8) is 0 Å². The van der Waals surface area contributed by atoms with Gasteiger partial charge < -0.3 is 15.4 Å². The average Bonchev–Trinajstić information content (AvgIpc) is 3.38. The largest absolute Gasteiger partial charge is 0.469 e. The molecule has 2 N–H and O–H groups in total. The number of unbranched alkanes of at least 4 members (excludes halogenated alkanes) is 2. The molecule has 0 radical (unpaired) electrons. The molecule has 1 aliphatic rings. The van der Waals surface area contributed by atoms with Gasteiger partial charge in [0.15, 0.2) is 5.96 Å². The summed E-state index contributed by atoms with van der Waals surface area (Å²) in [6.07, 6.45) is 5.97. The number of aliphatic imine (C=N–C) groups is 1. The summed E-state index contributed by atoms with van der Waals surface area (Å²) in [5, 5.41) is 8.92. The van der Waals surface area contributed by atoms with Crippen LogP contribution in [0.1, 0.15) is 56.4 Å². The molecule has 1 unspecified atom stereocenters. The molecule has 160 valence electrons. The highest BCUT2D eigenvalue weighted by molar-refractivity contribution is 14.0. The Kier molecular flexibility index (Phi) is 13.5. The number of nitrogens with one attached hydrogen (secondary N) is 2. The number of thiophene rings is 1. The van der Waals surface area contributed by atoms with Crippen LogP contribution in [0.2, 0.25) is 0 Å². The maximum Gasteiger partial charge on any atom is 0.305 e. The van der Waals surface area contributed by atoms with Gasteiger partial charge in [0.1, 0.15) is 0 Å². The first-order chi connectivity index (χ1) is 13.2. The van der Waals surface area contributed by atoms with Gasteiger partial charge in [0, 0.05) is 24.4 Å². The Hall–Kier alpha value is -0.870. The van der Waals surface area contributed by atoms with Crippen LogP contribution in [0.3, 0.4) is 0 Å². The van der Waals surface area contributed by atoms with Gasteiger partial charge in [-0.25, -0.2) is 0 Å². The molecule has 1 aliphatic heterocycles. The quantitative estimate of drug-likeness (QED) is 0.152. The van der Waals surface area contributed by atoms with Gasteiger partial charge in [0.2, 0.25) is 0 Å². The fourth-order valence-corrected chi connectivity index (χ4v) is 4.17. The number of ether oxygens (including phenoxy) is 1. The first-order valence-electron chi connectivity index (χ1n) is 10.1. The standard InChI is InChI=1S/C20H34N4O2S.HI/c1-3-21-20(22-12-6-4-5-11-19(25)26-2)23-16-17(18-10-9-15-27-18)24-13-7-8-14-24;/h9-10,15,17H,3-8,11-14,16H2,1-2H3,(H2,21,22,23);1H. The van der Waals surface area contributed by atoms with E-state index in [2.05, 4.69) is 44.7 Å². The molecule has 0 spiro atoms. The highest BCUT2D eigenvalue weighted by Gasteiger charge is 2.24. The fourth-order valence-electron chi connectivity index (χ4n) is 3.32. The molecule has 0 amide bonds. The summed E-state index contributed by atoms with van der Waals surface area (Å²) < 4.78 is 4.67. The number of carbonyl (C=O) groups is 1. The number of nitrogens with zero attached hydrogens (tertiary/aromatic N) is 2. The van der Waals surface area contributed by atoms with E-state index in [9.17, 15) is 4.79 Å². The monoisotopic (exact) mass is 522 g/mol. The maximum absolute atomic E-state index is 11.1. The Bertz CT molecular complexity index is 563. The van der Waals surface area contributed by atoms with Crippen molar-refractivity contribution in [3.05, 3.63) is 22.4 Å². The first-order valence-corrected chi connectivity index (χ1v) is 11.0. The zero-order valence-electron chi connectivity index (χ0n) is 17.1. The van der Waals surface area contributed by atoms with Crippen molar-refractivity contribution in [1.29, 1.82) is 0 Å². The number of halogens is 1. The minimum atomic E-state index is -0.126. The maximum atomic E-state index is 11.1. The van der Waals surface area contributed by atoms with E-state index in [0.717, 1.165) is 44.9 Å². The molecule has 0 aromatic carbocycles. The second-order valence-corrected chi connectivity index (χ2v) is 7.79. The zero-order chi connectivity index (χ0) is 19.3. The smallest absolute Gasteiger partial charge is 0.305 e. The van der Waals surface area contributed by atoms with Crippen molar-refractivity contribution in [3.8, 4) is 0 Å². The summed E-state index contributed by atoms with van der Waals surface area (Å²) in [4.78, 5) is 19.9. The molecule has 1 fully saturated rings. The highest BCUT2D eigenvalue weighted by atomic mass is 127. The molecule has 0 aliphatic carbocycles. The molecule has 0 saturated carbocycles. The van der Waals surface area contributed by atoms with Crippen LogP contribution in [-0.2, 0) is 9.53 Å². The molecule has 1 aromatic rings. The number of carbonyl (C=O) groups excluding carboxylic acids is 1. The van der Waals surface area contributed by atoms with Crippen molar-refractivity contribution in [2.45, 2.75) is 51.5 Å². The number of hydrogen-bond donors (Lipinski definition) is 2. The number of guanidine groups is 1. The number of methoxy groups -OCH3 is 1. The molecule has 1 atom stereocenters. The molecule has 2 rings (SSSR count). The Labute approximate surface area is 190 Å². The Morgan fingerprint density at radius 2 is 2.07 bits per heavy atom. The zero-order valence-corrected chi connectivity index (χ0v) is 20.3. The SMILES string of the molecule is CCNC(=NCC(c1cccs1)N1CCCC1)NCCCCCC(=O)OC.I. The van der Waals surface area contributed by atoms with Gasteiger partial charge in [-0.2, -0.15) is 0 Å². The number of hydrogen-bond acceptors (Lipinski definition) is 5. The van der Waals surface area contributed by atoms with Gasteiger partial charge in [0.25, 0.3) is 0 Å². The van der Waals surface area contributed by atoms with E-state index in [1.807, 2.05) is 11.3 Å². The Morgan fingerprint density at radius 1 is 1.29 bits per heavy atom. The topological polar surface area (TPSA) is 66.0 Å². The van der Waals surface area contributed by atoms with Gasteiger partial charge >= 0.3 is 5.97 Å². The minimum absolute atomic E-state index is 0. The second-order valence-electron chi connectivity index (χ2n) is 6.81. The normalized spacial score (nSPS) is 15.7. The molecular weight excluding hydrogens is 487 g/mol. The molecule has 28 heavy (non-hydrogen) atoms. The molecule has 0 bridgehead atoms. The summed E-state index contributed by atoms with van der Waals surface area (Å²) in [7, 11) is 1.44. The highest BCUT2D eigenvalue weighted by Crippen LogP contribution is 2.28. The fraction of sp³-hybridized carbons (Fsp3) is 0.700. The molecular formula is C20H35IN4O2S. The van der Waals surface area contributed by atoms with Crippen LogP contribution in [-0.4, -0.2) is 56.7 Å². The van der Waals surface area contributed by atoms with E-state index < -0.39 is 0 Å². The first kappa shape index (κ1) is 25.2. The van der Waals surface area contributed by atoms with E-state index in [0.29, 0.717) is 12.5 Å². The third-order valence-electron chi connectivity index (χ3n) is 4.80. The van der Waals surface area contributed by atoms with Crippen molar-refractivity contribution in [1.82, 2.24) is 15.5 Å². The van der Waals surface area contributed by atoms with Crippen LogP contribution in [0.4, 0.5) is 0 Å². The van der Waals surface area contributed by atoms with Crippen LogP contribution in [0.5, 0.6) is 0 Å². The number of rotatable bonds is 11. The number of likely N-dealkylation sites (tertiary alicyclic amines) is 1. The van der Waals surface area contributed by atoms with E-state index in [1.165, 1.54) is 37.9 Å². The molecule has 1 aromatic heterocycles. The summed E-state index contributed by atoms with van der Waals surface area (Å²) in [5.41, 5.74) is 0. The summed E-state index contributed by atoms with van der Waals surface area (Å²) in [5.74, 6) is 0.755. The predicted molar refractivity (Wildman–Crippen MR) is 128 cm³/mol. The second kappa shape index (κ2) is 15.0. The van der Waals surface area contributed by atoms with E-state index >= 15 is 0 Å². The van der Waals surface area contributed by atoms with Crippen LogP contribution >= 0.6 is 35.3 Å². The summed E-state index contributed by atoms with van der Waals surface area (Å²) in [6, 6.07) is 4.73. The van der Waals surface area contributed by atoms with Crippen LogP contribution in [0.15, 0.2) is 22.5 Å². The Balaban J connectivity index is 0.00000392. The molecule has 6 nitrogen and oxygen atoms in total. The van der Waals surface area contributed by atoms with Gasteiger partial charge in [-0.3, -0.25) is 14.7 Å². The van der Waals surface area contributed by atoms with Crippen LogP contribution in [0.25, 0.3) is 0 Å². The molecule has 1 saturated heterocycles. The summed E-state index contributed by atoms with van der Waals surface area (Å²) >= 11 is 1.82. The lowest BCUT2D eigenvalue weighted by molar-refractivity contribution is -0.140. The lowest BCUT2D eigenvalue weighted by Crippen LogP contribution is -2.38. The summed E-state index contributed by atoms with van der Waals surface area (Å²) in [6.45, 7) is 6.91. The van der Waals surface area contributed by atoms with E-state index in [-0.39, 0.29) is 29.9 Å². The minimum Gasteiger partial charge on any atom is -0.469 e. The van der Waals surface area contributed by atoms with Gasteiger partial charge in [0.05, 0.1) is 19.7 Å². The lowest BCUT2D eigenvalue weighted by Gasteiger charge is -2.25. The van der Waals surface area contributed by atoms with Crippen LogP contribution < -0.4 is 10.6 Å². The van der Waals surface area contributed by atoms with Gasteiger partial charge in [-0.15, -0.1) is 35.3 Å². The van der Waals surface area contributed by atoms with Crippen LogP contribution in [0, 0.1) is 0 Å². The van der Waals surface area contributed by atoms with Crippen molar-refractivity contribution < 1.29 is 9.53 Å². The third-order valence-corrected chi connectivity index (χ3v) is 5.77. The van der Waals surface area contributed by atoms with Gasteiger partial charge in [-0.05, 0) is 57.1 Å². The van der Waals surface area contributed by atoms with Crippen molar-refractivity contribution in [2.75, 3.05) is 39.8 Å². The predicted octanol–water partition coefficient (Wildman–Crippen LogP) is 3.79. The van der Waals surface area contributed by atoms with Crippen molar-refractivity contribution >= 4 is 47.2 Å². The third kappa shape index (κ3) is 9.09. The van der Waals surface area contributed by atoms with E-state index in [4.69, 9.17) is 4.99 Å². The van der Waals surface area contributed by atoms with Gasteiger partial charge in [-0.1, -0.05) is 12.5 Å². The lowest BCUT2D eigenvalue weighted by atomic mass is 10.2. The average molecular weight is 522 g/mol. The Morgan fingerprint density at radius 3 is 2.71 bits per heavy atom. The van der Waals surface area contributed by atoms with E-state index in [1.54, 1.807) is 0 Å². The molecule has 2 heterocycles.